The number of aromatic carboxylic acids is 1. The number of Topliss-reactive ketones (excluding diaryl/α,β-unsaturated/α-hetero) is 1. The average molecular weight is 602 g/mol. The molecule has 212 valence electrons. The molecular weight excluding hydrogens is 577 g/mol. The van der Waals surface area contributed by atoms with Crippen LogP contribution in [0.5, 0.6) is 0 Å². The smallest absolute Gasteiger partial charge is 0.408 e. The molecule has 1 atom stereocenters. The number of H-pyrrole nitrogens is 1. The summed E-state index contributed by atoms with van der Waals surface area (Å²) in [5, 5.41) is 14.1. The van der Waals surface area contributed by atoms with Gasteiger partial charge in [-0.15, -0.1) is 0 Å². The van der Waals surface area contributed by atoms with E-state index in [1.807, 2.05) is 54.6 Å². The molecule has 0 aliphatic carbocycles. The van der Waals surface area contributed by atoms with E-state index >= 15 is 0 Å². The molecule has 0 bridgehead atoms. The van der Waals surface area contributed by atoms with E-state index < -0.39 is 23.9 Å². The van der Waals surface area contributed by atoms with Gasteiger partial charge in [0, 0.05) is 50.4 Å². The number of ether oxygens (including phenoxy) is 1. The fourth-order valence-electron chi connectivity index (χ4n) is 4.85. The lowest BCUT2D eigenvalue weighted by Gasteiger charge is -2.22. The third kappa shape index (κ3) is 6.10. The van der Waals surface area contributed by atoms with Crippen LogP contribution in [0, 0.1) is 0 Å². The van der Waals surface area contributed by atoms with E-state index in [0.717, 1.165) is 22.0 Å². The van der Waals surface area contributed by atoms with Crippen molar-refractivity contribution < 1.29 is 24.2 Å². The van der Waals surface area contributed by atoms with E-state index in [0.29, 0.717) is 5.02 Å². The second-order valence-electron chi connectivity index (χ2n) is 9.57. The number of benzene rings is 4. The van der Waals surface area contributed by atoms with Crippen molar-refractivity contribution in [3.63, 3.8) is 0 Å². The molecule has 0 spiro atoms. The Morgan fingerprint density at radius 3 is 2.43 bits per heavy atom. The van der Waals surface area contributed by atoms with Crippen molar-refractivity contribution in [2.75, 3.05) is 5.73 Å². The maximum Gasteiger partial charge on any atom is 0.408 e. The monoisotopic (exact) mass is 601 g/mol. The Balaban J connectivity index is 1.58. The number of nitrogen functional groups attached to an aromatic ring is 1. The molecule has 0 fully saturated rings. The Labute approximate surface area is 251 Å². The quantitative estimate of drug-likeness (QED) is 0.105. The Bertz CT molecular complexity index is 1800. The Kier molecular flexibility index (Phi) is 8.47. The second kappa shape index (κ2) is 12.4. The van der Waals surface area contributed by atoms with Crippen molar-refractivity contribution >= 4 is 57.6 Å². The van der Waals surface area contributed by atoms with Crippen LogP contribution in [0.15, 0.2) is 91.1 Å². The van der Waals surface area contributed by atoms with Crippen LogP contribution in [0.3, 0.4) is 0 Å². The predicted octanol–water partition coefficient (Wildman–Crippen LogP) is 7.14. The molecule has 0 aliphatic heterocycles. The van der Waals surface area contributed by atoms with Gasteiger partial charge in [-0.3, -0.25) is 4.79 Å². The number of aromatic amines is 1. The van der Waals surface area contributed by atoms with Crippen LogP contribution in [-0.4, -0.2) is 34.0 Å². The minimum atomic E-state index is -1.28. The number of carboxylic acids is 1. The summed E-state index contributed by atoms with van der Waals surface area (Å²) in [6, 6.07) is 22.6. The topological polar surface area (TPSA) is 135 Å². The van der Waals surface area contributed by atoms with Crippen LogP contribution in [-0.2, 0) is 17.8 Å². The number of carbonyl (C=O) groups excluding carboxylic acids is 2. The molecule has 4 aromatic carbocycles. The Morgan fingerprint density at radius 1 is 0.952 bits per heavy atom. The number of rotatable bonds is 9. The normalized spacial score (nSPS) is 11.7. The second-order valence-corrected chi connectivity index (χ2v) is 10.4. The highest BCUT2D eigenvalue weighted by Gasteiger charge is 2.31. The molecule has 1 heterocycles. The number of fused-ring (bicyclic) bond motifs is 1. The van der Waals surface area contributed by atoms with E-state index in [1.165, 1.54) is 30.3 Å². The van der Waals surface area contributed by atoms with Gasteiger partial charge in [-0.1, -0.05) is 77.8 Å². The van der Waals surface area contributed by atoms with Crippen LogP contribution in [0.2, 0.25) is 10.0 Å². The summed E-state index contributed by atoms with van der Waals surface area (Å²) in [5.41, 5.74) is 8.75. The summed E-state index contributed by atoms with van der Waals surface area (Å²) in [6.07, 6.45) is 1.00. The predicted molar refractivity (Wildman–Crippen MR) is 163 cm³/mol. The van der Waals surface area contributed by atoms with Crippen molar-refractivity contribution in [3.05, 3.63) is 123 Å². The fraction of sp³-hybridized carbons (Fsp3) is 0.0938. The van der Waals surface area contributed by atoms with Gasteiger partial charge in [0.2, 0.25) is 0 Å². The molecule has 8 nitrogen and oxygen atoms in total. The van der Waals surface area contributed by atoms with E-state index in [9.17, 15) is 19.5 Å². The lowest BCUT2D eigenvalue weighted by atomic mass is 9.87. The number of hydrogen-bond acceptors (Lipinski definition) is 5. The first-order valence-corrected chi connectivity index (χ1v) is 13.7. The van der Waals surface area contributed by atoms with Crippen LogP contribution >= 0.6 is 23.2 Å². The van der Waals surface area contributed by atoms with Gasteiger partial charge in [-0.2, -0.15) is 0 Å². The highest BCUT2D eigenvalue weighted by Crippen LogP contribution is 2.38. The summed E-state index contributed by atoms with van der Waals surface area (Å²) in [6.45, 7) is -0.0110. The van der Waals surface area contributed by atoms with Gasteiger partial charge in [0.15, 0.2) is 5.78 Å². The number of anilines is 1. The summed E-state index contributed by atoms with van der Waals surface area (Å²) in [4.78, 5) is 42.9. The molecule has 1 amide bonds. The molecule has 1 aromatic heterocycles. The van der Waals surface area contributed by atoms with Crippen molar-refractivity contribution in [2.24, 2.45) is 0 Å². The molecule has 42 heavy (non-hydrogen) atoms. The number of amides is 1. The van der Waals surface area contributed by atoms with Gasteiger partial charge in [0.05, 0.1) is 17.2 Å². The summed E-state index contributed by atoms with van der Waals surface area (Å²) >= 11 is 12.6. The molecule has 0 unspecified atom stereocenters. The van der Waals surface area contributed by atoms with Gasteiger partial charge in [0.25, 0.3) is 0 Å². The van der Waals surface area contributed by atoms with Crippen LogP contribution < -0.4 is 11.1 Å². The van der Waals surface area contributed by atoms with Crippen LogP contribution in [0.4, 0.5) is 10.5 Å². The van der Waals surface area contributed by atoms with Crippen molar-refractivity contribution in [1.29, 1.82) is 0 Å². The van der Waals surface area contributed by atoms with E-state index in [1.54, 1.807) is 6.20 Å². The van der Waals surface area contributed by atoms with Gasteiger partial charge >= 0.3 is 12.1 Å². The minimum Gasteiger partial charge on any atom is -0.478 e. The van der Waals surface area contributed by atoms with Crippen LogP contribution in [0.25, 0.3) is 22.0 Å². The number of aromatic nitrogens is 1. The molecule has 5 N–H and O–H groups in total. The summed E-state index contributed by atoms with van der Waals surface area (Å²) in [7, 11) is 0. The Morgan fingerprint density at radius 2 is 1.69 bits per heavy atom. The van der Waals surface area contributed by atoms with Gasteiger partial charge in [-0.25, -0.2) is 9.59 Å². The molecule has 0 aliphatic rings. The van der Waals surface area contributed by atoms with E-state index in [2.05, 4.69) is 10.3 Å². The number of nitrogens with one attached hydrogen (secondary N) is 2. The number of hydrogen-bond donors (Lipinski definition) is 4. The number of alkyl carbamates (subject to hydrolysis) is 1. The number of carbonyl (C=O) groups is 3. The maximum absolute atomic E-state index is 14.4. The van der Waals surface area contributed by atoms with Gasteiger partial charge in [0.1, 0.15) is 6.61 Å². The molecular formula is C32H25Cl2N3O5. The fourth-order valence-corrected chi connectivity index (χ4v) is 5.35. The third-order valence-electron chi connectivity index (χ3n) is 6.84. The number of halogens is 2. The number of para-hydroxylation sites is 1. The third-order valence-corrected chi connectivity index (χ3v) is 7.38. The van der Waals surface area contributed by atoms with Gasteiger partial charge < -0.3 is 25.9 Å². The molecule has 0 radical (unpaired) electrons. The summed E-state index contributed by atoms with van der Waals surface area (Å²) in [5.74, 6) is -1.90. The van der Waals surface area contributed by atoms with Crippen molar-refractivity contribution in [1.82, 2.24) is 10.3 Å². The van der Waals surface area contributed by atoms with E-state index in [-0.39, 0.29) is 46.0 Å². The first kappa shape index (κ1) is 28.7. The molecule has 5 aromatic rings. The summed E-state index contributed by atoms with van der Waals surface area (Å²) < 4.78 is 5.42. The van der Waals surface area contributed by atoms with E-state index in [4.69, 9.17) is 33.7 Å². The molecule has 0 saturated carbocycles. The average Bonchev–Trinajstić information content (AvgIpc) is 3.38. The lowest BCUT2D eigenvalue weighted by molar-refractivity contribution is 0.0697. The highest BCUT2D eigenvalue weighted by atomic mass is 35.5. The minimum absolute atomic E-state index is 0.0110. The molecule has 0 saturated heterocycles. The van der Waals surface area contributed by atoms with Crippen molar-refractivity contribution in [2.45, 2.75) is 19.1 Å². The zero-order valence-electron chi connectivity index (χ0n) is 22.1. The van der Waals surface area contributed by atoms with Gasteiger partial charge in [-0.05, 0) is 41.5 Å². The maximum atomic E-state index is 14.4. The Hall–Kier alpha value is -4.79. The standard InChI is InChI=1S/C32H25Cl2N3O5/c33-20-10-11-22(24(34)15-20)28-23(31(39)40)12-13-25(35)29(28)30(38)27(14-19-16-36-26-9-5-4-8-21(19)26)37-32(41)42-17-18-6-2-1-3-7-18/h1-13,15-16,27,36H,14,17,35H2,(H,37,41)(H,39,40)/t27-/m0/s1. The number of ketones is 1. The van der Waals surface area contributed by atoms with Crippen molar-refractivity contribution in [3.8, 4) is 11.1 Å². The zero-order chi connectivity index (χ0) is 29.8. The highest BCUT2D eigenvalue weighted by molar-refractivity contribution is 6.37. The lowest BCUT2D eigenvalue weighted by Crippen LogP contribution is -2.43. The largest absolute Gasteiger partial charge is 0.478 e. The molecule has 10 heteroatoms. The number of nitrogens with two attached hydrogens (primary N) is 1. The first-order chi connectivity index (χ1) is 20.2. The SMILES string of the molecule is Nc1ccc(C(=O)O)c(-c2ccc(Cl)cc2Cl)c1C(=O)[C@H](Cc1c[nH]c2ccccc12)NC(=O)OCc1ccccc1. The van der Waals surface area contributed by atoms with Crippen LogP contribution in [0.1, 0.15) is 31.8 Å². The first-order valence-electron chi connectivity index (χ1n) is 12.9. The number of carboxylic acid groups (broad SMARTS) is 1. The molecule has 5 rings (SSSR count). The zero-order valence-corrected chi connectivity index (χ0v) is 23.6.